The van der Waals surface area contributed by atoms with E-state index in [-0.39, 0.29) is 11.8 Å². The summed E-state index contributed by atoms with van der Waals surface area (Å²) in [5, 5.41) is 9.05. The van der Waals surface area contributed by atoms with E-state index in [1.807, 2.05) is 44.1 Å². The van der Waals surface area contributed by atoms with Crippen LogP contribution in [0.25, 0.3) is 0 Å². The summed E-state index contributed by atoms with van der Waals surface area (Å²) in [6.45, 7) is 4.39. The molecule has 0 amide bonds. The second kappa shape index (κ2) is 4.87. The molecule has 1 aromatic heterocycles. The Kier molecular flexibility index (Phi) is 3.77. The SMILES string of the molecule is CC(C)C(CN(C)c1ccc[nH]1)C(=O)O. The maximum Gasteiger partial charge on any atom is 0.308 e. The van der Waals surface area contributed by atoms with Gasteiger partial charge in [-0.05, 0) is 18.1 Å². The molecule has 1 unspecified atom stereocenters. The Morgan fingerprint density at radius 2 is 2.27 bits per heavy atom. The molecule has 15 heavy (non-hydrogen) atoms. The van der Waals surface area contributed by atoms with Crippen LogP contribution >= 0.6 is 0 Å². The molecular formula is C11H18N2O2. The Morgan fingerprint density at radius 1 is 1.60 bits per heavy atom. The van der Waals surface area contributed by atoms with Crippen molar-refractivity contribution in [3.63, 3.8) is 0 Å². The number of aromatic nitrogens is 1. The summed E-state index contributed by atoms with van der Waals surface area (Å²) >= 11 is 0. The van der Waals surface area contributed by atoms with E-state index in [4.69, 9.17) is 5.11 Å². The zero-order chi connectivity index (χ0) is 11.4. The van der Waals surface area contributed by atoms with Gasteiger partial charge in [-0.25, -0.2) is 0 Å². The Labute approximate surface area is 89.9 Å². The normalized spacial score (nSPS) is 12.8. The number of rotatable bonds is 5. The zero-order valence-electron chi connectivity index (χ0n) is 9.40. The van der Waals surface area contributed by atoms with Gasteiger partial charge in [0, 0.05) is 19.8 Å². The van der Waals surface area contributed by atoms with Crippen molar-refractivity contribution in [3.05, 3.63) is 18.3 Å². The molecule has 0 fully saturated rings. The predicted molar refractivity (Wildman–Crippen MR) is 60.0 cm³/mol. The molecule has 0 spiro atoms. The molecule has 4 heteroatoms. The monoisotopic (exact) mass is 210 g/mol. The quantitative estimate of drug-likeness (QED) is 0.779. The molecule has 0 radical (unpaired) electrons. The summed E-state index contributed by atoms with van der Waals surface area (Å²) in [5.74, 6) is 0.0171. The number of carbonyl (C=O) groups is 1. The molecule has 84 valence electrons. The molecule has 1 heterocycles. The molecule has 1 atom stereocenters. The fourth-order valence-corrected chi connectivity index (χ4v) is 1.53. The molecule has 0 aliphatic carbocycles. The Balaban J connectivity index is 2.63. The Bertz CT molecular complexity index is 306. The number of hydrogen-bond acceptors (Lipinski definition) is 2. The van der Waals surface area contributed by atoms with Crippen LogP contribution in [0.3, 0.4) is 0 Å². The predicted octanol–water partition coefficient (Wildman–Crippen LogP) is 1.81. The fourth-order valence-electron chi connectivity index (χ4n) is 1.53. The van der Waals surface area contributed by atoms with Gasteiger partial charge in [-0.3, -0.25) is 4.79 Å². The summed E-state index contributed by atoms with van der Waals surface area (Å²) in [7, 11) is 1.89. The summed E-state index contributed by atoms with van der Waals surface area (Å²) in [6.07, 6.45) is 1.83. The number of aliphatic carboxylic acids is 1. The summed E-state index contributed by atoms with van der Waals surface area (Å²) < 4.78 is 0. The lowest BCUT2D eigenvalue weighted by Gasteiger charge is -2.24. The van der Waals surface area contributed by atoms with E-state index in [0.29, 0.717) is 6.54 Å². The minimum Gasteiger partial charge on any atom is -0.481 e. The standard InChI is InChI=1S/C11H18N2O2/c1-8(2)9(11(14)15)7-13(3)10-5-4-6-12-10/h4-6,8-9,12H,7H2,1-3H3,(H,14,15). The van der Waals surface area contributed by atoms with Gasteiger partial charge in [0.2, 0.25) is 0 Å². The topological polar surface area (TPSA) is 56.3 Å². The third-order valence-corrected chi connectivity index (χ3v) is 2.59. The summed E-state index contributed by atoms with van der Waals surface area (Å²) in [4.78, 5) is 16.0. The number of anilines is 1. The van der Waals surface area contributed by atoms with E-state index < -0.39 is 5.97 Å². The van der Waals surface area contributed by atoms with Gasteiger partial charge in [-0.2, -0.15) is 0 Å². The smallest absolute Gasteiger partial charge is 0.308 e. The summed E-state index contributed by atoms with van der Waals surface area (Å²) in [6, 6.07) is 3.83. The van der Waals surface area contributed by atoms with Gasteiger partial charge < -0.3 is 15.0 Å². The molecular weight excluding hydrogens is 192 g/mol. The first kappa shape index (κ1) is 11.6. The number of nitrogens with zero attached hydrogens (tertiary/aromatic N) is 1. The number of H-pyrrole nitrogens is 1. The van der Waals surface area contributed by atoms with Crippen LogP contribution in [0.1, 0.15) is 13.8 Å². The van der Waals surface area contributed by atoms with Crippen LogP contribution in [0.2, 0.25) is 0 Å². The van der Waals surface area contributed by atoms with Gasteiger partial charge in [-0.1, -0.05) is 13.8 Å². The van der Waals surface area contributed by atoms with E-state index >= 15 is 0 Å². The number of hydrogen-bond donors (Lipinski definition) is 2. The van der Waals surface area contributed by atoms with Gasteiger partial charge in [0.25, 0.3) is 0 Å². The van der Waals surface area contributed by atoms with E-state index in [2.05, 4.69) is 4.98 Å². The number of nitrogens with one attached hydrogen (secondary N) is 1. The van der Waals surface area contributed by atoms with Crippen molar-refractivity contribution in [2.75, 3.05) is 18.5 Å². The maximum absolute atomic E-state index is 11.0. The molecule has 1 rings (SSSR count). The van der Waals surface area contributed by atoms with Crippen LogP contribution in [0, 0.1) is 11.8 Å². The maximum atomic E-state index is 11.0. The molecule has 0 aliphatic heterocycles. The van der Waals surface area contributed by atoms with E-state index in [9.17, 15) is 4.79 Å². The molecule has 1 aromatic rings. The Hall–Kier alpha value is -1.45. The van der Waals surface area contributed by atoms with Gasteiger partial charge in [0.15, 0.2) is 0 Å². The lowest BCUT2D eigenvalue weighted by atomic mass is 9.95. The highest BCUT2D eigenvalue weighted by Crippen LogP contribution is 2.16. The van der Waals surface area contributed by atoms with Gasteiger partial charge >= 0.3 is 5.97 Å². The van der Waals surface area contributed by atoms with Crippen molar-refractivity contribution in [2.24, 2.45) is 11.8 Å². The fraction of sp³-hybridized carbons (Fsp3) is 0.545. The second-order valence-electron chi connectivity index (χ2n) is 4.12. The van der Waals surface area contributed by atoms with Crippen molar-refractivity contribution < 1.29 is 9.90 Å². The molecule has 2 N–H and O–H groups in total. The van der Waals surface area contributed by atoms with Crippen molar-refractivity contribution in [2.45, 2.75) is 13.8 Å². The number of carboxylic acids is 1. The third-order valence-electron chi connectivity index (χ3n) is 2.59. The lowest BCUT2D eigenvalue weighted by molar-refractivity contribution is -0.142. The highest BCUT2D eigenvalue weighted by atomic mass is 16.4. The van der Waals surface area contributed by atoms with Crippen LogP contribution in [0.4, 0.5) is 5.82 Å². The number of carboxylic acid groups (broad SMARTS) is 1. The lowest BCUT2D eigenvalue weighted by Crippen LogP contribution is -2.33. The molecule has 0 aliphatic rings. The van der Waals surface area contributed by atoms with Gasteiger partial charge in [0.1, 0.15) is 5.82 Å². The van der Waals surface area contributed by atoms with Gasteiger partial charge in [-0.15, -0.1) is 0 Å². The van der Waals surface area contributed by atoms with Crippen molar-refractivity contribution in [1.82, 2.24) is 4.98 Å². The summed E-state index contributed by atoms with van der Waals surface area (Å²) in [5.41, 5.74) is 0. The molecule has 0 bridgehead atoms. The third kappa shape index (κ3) is 3.01. The molecule has 0 saturated heterocycles. The second-order valence-corrected chi connectivity index (χ2v) is 4.12. The minimum absolute atomic E-state index is 0.139. The first-order valence-corrected chi connectivity index (χ1v) is 5.09. The molecule has 4 nitrogen and oxygen atoms in total. The Morgan fingerprint density at radius 3 is 2.67 bits per heavy atom. The van der Waals surface area contributed by atoms with E-state index in [1.165, 1.54) is 0 Å². The number of aromatic amines is 1. The average molecular weight is 210 g/mol. The molecule has 0 saturated carbocycles. The van der Waals surface area contributed by atoms with Crippen molar-refractivity contribution in [1.29, 1.82) is 0 Å². The zero-order valence-corrected chi connectivity index (χ0v) is 9.40. The highest BCUT2D eigenvalue weighted by molar-refractivity contribution is 5.71. The first-order chi connectivity index (χ1) is 7.02. The van der Waals surface area contributed by atoms with Crippen molar-refractivity contribution in [3.8, 4) is 0 Å². The van der Waals surface area contributed by atoms with Crippen LogP contribution in [-0.4, -0.2) is 29.7 Å². The van der Waals surface area contributed by atoms with Gasteiger partial charge in [0.05, 0.1) is 5.92 Å². The van der Waals surface area contributed by atoms with Crippen LogP contribution in [0.15, 0.2) is 18.3 Å². The highest BCUT2D eigenvalue weighted by Gasteiger charge is 2.23. The average Bonchev–Trinajstić information content (AvgIpc) is 2.65. The van der Waals surface area contributed by atoms with E-state index in [0.717, 1.165) is 5.82 Å². The van der Waals surface area contributed by atoms with Crippen LogP contribution in [-0.2, 0) is 4.79 Å². The largest absolute Gasteiger partial charge is 0.481 e. The van der Waals surface area contributed by atoms with Crippen LogP contribution < -0.4 is 4.90 Å². The van der Waals surface area contributed by atoms with Crippen LogP contribution in [0.5, 0.6) is 0 Å². The first-order valence-electron chi connectivity index (χ1n) is 5.09. The van der Waals surface area contributed by atoms with Crippen molar-refractivity contribution >= 4 is 11.8 Å². The minimum atomic E-state index is -0.733. The van der Waals surface area contributed by atoms with E-state index in [1.54, 1.807) is 0 Å². The molecule has 0 aromatic carbocycles.